The van der Waals surface area contributed by atoms with Crippen LogP contribution in [0.5, 0.6) is 5.75 Å². The number of aromatic amines is 1. The Morgan fingerprint density at radius 2 is 1.83 bits per heavy atom. The number of fused-ring (bicyclic) bond motifs is 3. The lowest BCUT2D eigenvalue weighted by Gasteiger charge is -2.36. The third kappa shape index (κ3) is 3.63. The summed E-state index contributed by atoms with van der Waals surface area (Å²) in [6.45, 7) is 5.89. The number of ether oxygens (including phenoxy) is 1. The van der Waals surface area contributed by atoms with Gasteiger partial charge in [-0.1, -0.05) is 12.1 Å². The van der Waals surface area contributed by atoms with E-state index in [1.54, 1.807) is 7.11 Å². The van der Waals surface area contributed by atoms with Crippen LogP contribution >= 0.6 is 0 Å². The van der Waals surface area contributed by atoms with Crippen LogP contribution in [0.1, 0.15) is 17.5 Å². The first-order valence-corrected chi connectivity index (χ1v) is 10.7. The van der Waals surface area contributed by atoms with Gasteiger partial charge in [-0.25, -0.2) is 0 Å². The van der Waals surface area contributed by atoms with Crippen LogP contribution in [0.3, 0.4) is 0 Å². The highest BCUT2D eigenvalue weighted by Crippen LogP contribution is 2.28. The van der Waals surface area contributed by atoms with Crippen molar-refractivity contribution >= 4 is 22.3 Å². The van der Waals surface area contributed by atoms with E-state index in [2.05, 4.69) is 50.4 Å². The maximum Gasteiger partial charge on any atom is 0.253 e. The number of benzene rings is 2. The summed E-state index contributed by atoms with van der Waals surface area (Å²) < 4.78 is 5.26. The van der Waals surface area contributed by atoms with Gasteiger partial charge in [0.1, 0.15) is 5.75 Å². The molecule has 3 heterocycles. The molecule has 2 aliphatic heterocycles. The predicted octanol–water partition coefficient (Wildman–Crippen LogP) is 3.22. The fraction of sp³-hybridized carbons (Fsp3) is 0.375. The Labute approximate surface area is 176 Å². The van der Waals surface area contributed by atoms with Crippen LogP contribution in [0, 0.1) is 0 Å². The first kappa shape index (κ1) is 19.0. The summed E-state index contributed by atoms with van der Waals surface area (Å²) in [5.74, 6) is 0.892. The van der Waals surface area contributed by atoms with Gasteiger partial charge in [0.05, 0.1) is 18.3 Å². The van der Waals surface area contributed by atoms with Crippen molar-refractivity contribution in [2.24, 2.45) is 0 Å². The Kier molecular flexibility index (Phi) is 5.09. The fourth-order valence-electron chi connectivity index (χ4n) is 4.62. The molecule has 30 heavy (non-hydrogen) atoms. The topological polar surface area (TPSA) is 60.6 Å². The molecule has 156 valence electrons. The fourth-order valence-corrected chi connectivity index (χ4v) is 4.62. The number of H-pyrrole nitrogens is 1. The van der Waals surface area contributed by atoms with Crippen molar-refractivity contribution in [1.29, 1.82) is 0 Å². The van der Waals surface area contributed by atoms with Gasteiger partial charge in [0.25, 0.3) is 5.56 Å². The Morgan fingerprint density at radius 1 is 1.03 bits per heavy atom. The van der Waals surface area contributed by atoms with Crippen molar-refractivity contribution in [2.45, 2.75) is 19.4 Å². The minimum Gasteiger partial charge on any atom is -0.497 e. The zero-order valence-corrected chi connectivity index (χ0v) is 17.4. The lowest BCUT2D eigenvalue weighted by Crippen LogP contribution is -2.45. The molecule has 0 radical (unpaired) electrons. The summed E-state index contributed by atoms with van der Waals surface area (Å²) in [7, 11) is 1.70. The van der Waals surface area contributed by atoms with Crippen molar-refractivity contribution in [2.75, 3.05) is 50.1 Å². The third-order valence-electron chi connectivity index (χ3n) is 6.30. The molecule has 1 saturated heterocycles. The number of rotatable bonds is 4. The largest absolute Gasteiger partial charge is 0.497 e. The molecule has 0 bridgehead atoms. The Morgan fingerprint density at radius 3 is 2.60 bits per heavy atom. The highest BCUT2D eigenvalue weighted by atomic mass is 16.5. The van der Waals surface area contributed by atoms with E-state index < -0.39 is 0 Å². The molecule has 6 heteroatoms. The highest BCUT2D eigenvalue weighted by molar-refractivity contribution is 5.93. The van der Waals surface area contributed by atoms with Crippen LogP contribution in [-0.4, -0.2) is 49.7 Å². The van der Waals surface area contributed by atoms with E-state index in [0.29, 0.717) is 0 Å². The Balaban J connectivity index is 1.28. The van der Waals surface area contributed by atoms with Gasteiger partial charge in [-0.15, -0.1) is 0 Å². The second kappa shape index (κ2) is 8.03. The molecule has 0 aliphatic carbocycles. The van der Waals surface area contributed by atoms with E-state index in [4.69, 9.17) is 4.74 Å². The number of hydrogen-bond acceptors (Lipinski definition) is 5. The maximum atomic E-state index is 12.5. The van der Waals surface area contributed by atoms with Gasteiger partial charge in [-0.05, 0) is 48.7 Å². The van der Waals surface area contributed by atoms with Crippen molar-refractivity contribution < 1.29 is 4.74 Å². The summed E-state index contributed by atoms with van der Waals surface area (Å²) in [5, 5.41) is 4.55. The monoisotopic (exact) mass is 404 g/mol. The summed E-state index contributed by atoms with van der Waals surface area (Å²) in [6, 6.07) is 14.8. The minimum atomic E-state index is 0.0509. The number of anilines is 2. The maximum absolute atomic E-state index is 12.5. The zero-order valence-electron chi connectivity index (χ0n) is 17.4. The number of pyridine rings is 1. The second-order valence-electron chi connectivity index (χ2n) is 8.18. The molecule has 1 aromatic heterocycles. The predicted molar refractivity (Wildman–Crippen MR) is 122 cm³/mol. The Bertz CT molecular complexity index is 1100. The van der Waals surface area contributed by atoms with Crippen molar-refractivity contribution in [3.05, 3.63) is 63.9 Å². The van der Waals surface area contributed by atoms with Crippen molar-refractivity contribution in [3.8, 4) is 5.75 Å². The first-order valence-electron chi connectivity index (χ1n) is 10.7. The zero-order chi connectivity index (χ0) is 20.5. The van der Waals surface area contributed by atoms with E-state index in [9.17, 15) is 4.79 Å². The first-order chi connectivity index (χ1) is 14.7. The normalized spacial score (nSPS) is 16.9. The van der Waals surface area contributed by atoms with E-state index in [1.807, 2.05) is 12.1 Å². The van der Waals surface area contributed by atoms with Crippen LogP contribution in [0.25, 0.3) is 10.9 Å². The summed E-state index contributed by atoms with van der Waals surface area (Å²) in [4.78, 5) is 20.5. The summed E-state index contributed by atoms with van der Waals surface area (Å²) >= 11 is 0. The average molecular weight is 405 g/mol. The van der Waals surface area contributed by atoms with Gasteiger partial charge < -0.3 is 19.9 Å². The molecule has 3 aromatic rings. The summed E-state index contributed by atoms with van der Waals surface area (Å²) in [6.07, 6.45) is 1.87. The number of nitrogens with one attached hydrogen (secondary N) is 2. The van der Waals surface area contributed by atoms with Crippen molar-refractivity contribution in [1.82, 2.24) is 9.88 Å². The van der Waals surface area contributed by atoms with Crippen LogP contribution in [-0.2, 0) is 13.0 Å². The molecular weight excluding hydrogens is 376 g/mol. The second-order valence-corrected chi connectivity index (χ2v) is 8.18. The van der Waals surface area contributed by atoms with Crippen LogP contribution in [0.4, 0.5) is 11.4 Å². The number of nitrogens with zero attached hydrogens (tertiary/aromatic N) is 2. The highest BCUT2D eigenvalue weighted by Gasteiger charge is 2.19. The molecule has 0 spiro atoms. The van der Waals surface area contributed by atoms with Gasteiger partial charge in [0.2, 0.25) is 0 Å². The lowest BCUT2D eigenvalue weighted by atomic mass is 10.0. The molecule has 6 nitrogen and oxygen atoms in total. The number of hydrogen-bond donors (Lipinski definition) is 2. The minimum absolute atomic E-state index is 0.0509. The standard InChI is InChI=1S/C24H28N4O2/c1-30-19-7-5-18(6-8-19)28-13-11-27(12-14-28)16-17-4-9-20-22(15-17)26-24(29)21-3-2-10-25-23(20)21/h4-9,15,25H,2-3,10-14,16H2,1H3,(H,26,29). The number of aromatic nitrogens is 1. The van der Waals surface area contributed by atoms with E-state index in [1.165, 1.54) is 11.3 Å². The third-order valence-corrected chi connectivity index (χ3v) is 6.30. The van der Waals surface area contributed by atoms with E-state index in [-0.39, 0.29) is 5.56 Å². The van der Waals surface area contributed by atoms with Gasteiger partial charge in [-0.2, -0.15) is 0 Å². The molecule has 5 rings (SSSR count). The van der Waals surface area contributed by atoms with Gasteiger partial charge in [0.15, 0.2) is 0 Å². The van der Waals surface area contributed by atoms with Gasteiger partial charge in [-0.3, -0.25) is 9.69 Å². The number of methoxy groups -OCH3 is 1. The lowest BCUT2D eigenvalue weighted by molar-refractivity contribution is 0.250. The van der Waals surface area contributed by atoms with Crippen LogP contribution in [0.15, 0.2) is 47.3 Å². The molecule has 0 saturated carbocycles. The van der Waals surface area contributed by atoms with Crippen LogP contribution in [0.2, 0.25) is 0 Å². The van der Waals surface area contributed by atoms with E-state index >= 15 is 0 Å². The molecular formula is C24H28N4O2. The SMILES string of the molecule is COc1ccc(N2CCN(Cc3ccc4c5c(c(=O)[nH]c4c3)CCCN5)CC2)cc1. The molecule has 2 aromatic carbocycles. The van der Waals surface area contributed by atoms with Crippen molar-refractivity contribution in [3.63, 3.8) is 0 Å². The molecule has 2 aliphatic rings. The Hall–Kier alpha value is -2.99. The van der Waals surface area contributed by atoms with E-state index in [0.717, 1.165) is 80.0 Å². The average Bonchev–Trinajstić information content (AvgIpc) is 2.80. The molecule has 0 atom stereocenters. The molecule has 0 unspecified atom stereocenters. The van der Waals surface area contributed by atoms with Crippen LogP contribution < -0.4 is 20.5 Å². The quantitative estimate of drug-likeness (QED) is 0.699. The van der Waals surface area contributed by atoms with Gasteiger partial charge in [0, 0.05) is 55.9 Å². The summed E-state index contributed by atoms with van der Waals surface area (Å²) in [5.41, 5.74) is 5.40. The smallest absolute Gasteiger partial charge is 0.253 e. The molecule has 0 amide bonds. The number of piperazine rings is 1. The van der Waals surface area contributed by atoms with Gasteiger partial charge >= 0.3 is 0 Å². The molecule has 1 fully saturated rings. The molecule has 2 N–H and O–H groups in total.